The molecule has 0 saturated heterocycles. The van der Waals surface area contributed by atoms with Crippen molar-refractivity contribution in [3.8, 4) is 17.6 Å². The molecule has 0 aromatic heterocycles. The van der Waals surface area contributed by atoms with Crippen LogP contribution in [-0.2, 0) is 0 Å². The summed E-state index contributed by atoms with van der Waals surface area (Å²) in [5.74, 6) is 1.49. The van der Waals surface area contributed by atoms with Crippen LogP contribution in [0.15, 0.2) is 42.5 Å². The monoisotopic (exact) mass is 309 g/mol. The third kappa shape index (κ3) is 4.75. The quantitative estimate of drug-likeness (QED) is 0.739. The minimum atomic E-state index is -0.141. The van der Waals surface area contributed by atoms with Crippen LogP contribution in [0, 0.1) is 25.2 Å². The molecule has 0 aliphatic heterocycles. The molecule has 0 fully saturated rings. The highest BCUT2D eigenvalue weighted by Crippen LogP contribution is 2.24. The maximum absolute atomic E-state index is 9.47. The normalized spacial score (nSPS) is 11.6. The van der Waals surface area contributed by atoms with Crippen molar-refractivity contribution < 1.29 is 9.47 Å². The van der Waals surface area contributed by atoms with Crippen LogP contribution in [0.5, 0.6) is 11.5 Å². The van der Waals surface area contributed by atoms with Gasteiger partial charge in [0.25, 0.3) is 0 Å². The maximum atomic E-state index is 9.47. The SMILES string of the molecule is CCOc1ccc(OCCC(C#N)c2cc(C)ccc2C)cc1. The number of benzene rings is 2. The summed E-state index contributed by atoms with van der Waals surface area (Å²) in [4.78, 5) is 0. The van der Waals surface area contributed by atoms with Crippen LogP contribution in [-0.4, -0.2) is 13.2 Å². The van der Waals surface area contributed by atoms with Crippen LogP contribution >= 0.6 is 0 Å². The van der Waals surface area contributed by atoms with E-state index in [1.54, 1.807) is 0 Å². The van der Waals surface area contributed by atoms with Crippen LogP contribution < -0.4 is 9.47 Å². The molecule has 23 heavy (non-hydrogen) atoms. The largest absolute Gasteiger partial charge is 0.494 e. The fourth-order valence-electron chi connectivity index (χ4n) is 2.52. The van der Waals surface area contributed by atoms with E-state index < -0.39 is 0 Å². The molecule has 0 aliphatic carbocycles. The first-order valence-corrected chi connectivity index (χ1v) is 7.96. The molecule has 2 rings (SSSR count). The van der Waals surface area contributed by atoms with Crippen LogP contribution in [0.2, 0.25) is 0 Å². The highest BCUT2D eigenvalue weighted by atomic mass is 16.5. The number of hydrogen-bond donors (Lipinski definition) is 0. The predicted molar refractivity (Wildman–Crippen MR) is 92.0 cm³/mol. The predicted octanol–water partition coefficient (Wildman–Crippen LogP) is 4.78. The summed E-state index contributed by atoms with van der Waals surface area (Å²) in [7, 11) is 0. The topological polar surface area (TPSA) is 42.2 Å². The van der Waals surface area contributed by atoms with Gasteiger partial charge in [-0.25, -0.2) is 0 Å². The van der Waals surface area contributed by atoms with Crippen LogP contribution in [0.3, 0.4) is 0 Å². The van der Waals surface area contributed by atoms with Gasteiger partial charge in [0, 0.05) is 6.42 Å². The minimum absolute atomic E-state index is 0.141. The molecule has 2 aromatic rings. The Morgan fingerprint density at radius 1 is 1.00 bits per heavy atom. The summed E-state index contributed by atoms with van der Waals surface area (Å²) in [5.41, 5.74) is 3.43. The Kier molecular flexibility index (Phi) is 6.05. The molecular weight excluding hydrogens is 286 g/mol. The molecule has 1 atom stereocenters. The second kappa shape index (κ2) is 8.24. The smallest absolute Gasteiger partial charge is 0.119 e. The molecule has 0 spiro atoms. The van der Waals surface area contributed by atoms with E-state index in [2.05, 4.69) is 24.3 Å². The molecule has 0 saturated carbocycles. The molecule has 2 aromatic carbocycles. The average Bonchev–Trinajstić information content (AvgIpc) is 2.56. The molecule has 0 aliphatic rings. The third-order valence-electron chi connectivity index (χ3n) is 3.78. The molecule has 1 unspecified atom stereocenters. The number of nitriles is 1. The lowest BCUT2D eigenvalue weighted by molar-refractivity contribution is 0.303. The molecule has 0 amide bonds. The van der Waals surface area contributed by atoms with Gasteiger partial charge in [0.2, 0.25) is 0 Å². The average molecular weight is 309 g/mol. The van der Waals surface area contributed by atoms with Gasteiger partial charge in [-0.2, -0.15) is 5.26 Å². The van der Waals surface area contributed by atoms with Crippen molar-refractivity contribution in [3.05, 3.63) is 59.2 Å². The highest BCUT2D eigenvalue weighted by molar-refractivity contribution is 5.36. The summed E-state index contributed by atoms with van der Waals surface area (Å²) in [6.45, 7) is 7.22. The summed E-state index contributed by atoms with van der Waals surface area (Å²) < 4.78 is 11.2. The molecule has 0 radical (unpaired) electrons. The Morgan fingerprint density at radius 3 is 2.26 bits per heavy atom. The molecule has 0 heterocycles. The van der Waals surface area contributed by atoms with Crippen molar-refractivity contribution in [3.63, 3.8) is 0 Å². The Bertz CT molecular complexity index is 671. The third-order valence-corrected chi connectivity index (χ3v) is 3.78. The Labute approximate surface area is 138 Å². The van der Waals surface area contributed by atoms with Gasteiger partial charge >= 0.3 is 0 Å². The maximum Gasteiger partial charge on any atom is 0.119 e. The van der Waals surface area contributed by atoms with Gasteiger partial charge < -0.3 is 9.47 Å². The zero-order chi connectivity index (χ0) is 16.7. The Morgan fingerprint density at radius 2 is 1.65 bits per heavy atom. The van der Waals surface area contributed by atoms with Crippen LogP contribution in [0.1, 0.15) is 36.0 Å². The van der Waals surface area contributed by atoms with E-state index in [0.29, 0.717) is 19.6 Å². The van der Waals surface area contributed by atoms with Gasteiger partial charge in [0.15, 0.2) is 0 Å². The molecule has 120 valence electrons. The molecule has 0 bridgehead atoms. The zero-order valence-electron chi connectivity index (χ0n) is 14.0. The van der Waals surface area contributed by atoms with Crippen molar-refractivity contribution in [2.24, 2.45) is 0 Å². The lowest BCUT2D eigenvalue weighted by Crippen LogP contribution is -2.06. The molecular formula is C20H23NO2. The minimum Gasteiger partial charge on any atom is -0.494 e. The van der Waals surface area contributed by atoms with Crippen molar-refractivity contribution in [2.75, 3.05) is 13.2 Å². The fourth-order valence-corrected chi connectivity index (χ4v) is 2.52. The van der Waals surface area contributed by atoms with Gasteiger partial charge in [0.05, 0.1) is 25.2 Å². The standard InChI is InChI=1S/C20H23NO2/c1-4-22-18-7-9-19(10-8-18)23-12-11-17(14-21)20-13-15(2)5-6-16(20)3/h5-10,13,17H,4,11-12H2,1-3H3. The molecule has 3 nitrogen and oxygen atoms in total. The van der Waals surface area contributed by atoms with Gasteiger partial charge in [-0.1, -0.05) is 23.8 Å². The van der Waals surface area contributed by atoms with Crippen molar-refractivity contribution >= 4 is 0 Å². The second-order valence-electron chi connectivity index (χ2n) is 5.58. The molecule has 0 N–H and O–H groups in total. The summed E-state index contributed by atoms with van der Waals surface area (Å²) in [6.07, 6.45) is 0.675. The first-order chi connectivity index (χ1) is 11.1. The number of ether oxygens (including phenoxy) is 2. The number of aryl methyl sites for hydroxylation is 2. The van der Waals surface area contributed by atoms with Crippen molar-refractivity contribution in [1.82, 2.24) is 0 Å². The fraction of sp³-hybridized carbons (Fsp3) is 0.350. The van der Waals surface area contributed by atoms with E-state index in [4.69, 9.17) is 9.47 Å². The number of hydrogen-bond acceptors (Lipinski definition) is 3. The lowest BCUT2D eigenvalue weighted by Gasteiger charge is -2.14. The van der Waals surface area contributed by atoms with Crippen molar-refractivity contribution in [1.29, 1.82) is 5.26 Å². The highest BCUT2D eigenvalue weighted by Gasteiger charge is 2.13. The van der Waals surface area contributed by atoms with E-state index in [1.165, 1.54) is 5.56 Å². The van der Waals surface area contributed by atoms with Crippen molar-refractivity contribution in [2.45, 2.75) is 33.1 Å². The zero-order valence-corrected chi connectivity index (χ0v) is 14.0. The van der Waals surface area contributed by atoms with Crippen LogP contribution in [0.25, 0.3) is 0 Å². The van der Waals surface area contributed by atoms with E-state index in [0.717, 1.165) is 22.6 Å². The van der Waals surface area contributed by atoms with Gasteiger partial charge in [0.1, 0.15) is 11.5 Å². The van der Waals surface area contributed by atoms with Gasteiger partial charge in [-0.15, -0.1) is 0 Å². The summed E-state index contributed by atoms with van der Waals surface area (Å²) in [6, 6.07) is 16.2. The van der Waals surface area contributed by atoms with E-state index >= 15 is 0 Å². The molecule has 3 heteroatoms. The Hall–Kier alpha value is -2.47. The van der Waals surface area contributed by atoms with E-state index in [1.807, 2.05) is 45.0 Å². The first kappa shape index (κ1) is 16.9. The van der Waals surface area contributed by atoms with E-state index in [-0.39, 0.29) is 5.92 Å². The van der Waals surface area contributed by atoms with Gasteiger partial charge in [-0.3, -0.25) is 0 Å². The second-order valence-corrected chi connectivity index (χ2v) is 5.58. The number of nitrogens with zero attached hydrogens (tertiary/aromatic N) is 1. The summed E-state index contributed by atoms with van der Waals surface area (Å²) in [5, 5.41) is 9.47. The van der Waals surface area contributed by atoms with Crippen LogP contribution in [0.4, 0.5) is 0 Å². The first-order valence-electron chi connectivity index (χ1n) is 7.96. The van der Waals surface area contributed by atoms with E-state index in [9.17, 15) is 5.26 Å². The lowest BCUT2D eigenvalue weighted by atomic mass is 9.92. The summed E-state index contributed by atoms with van der Waals surface area (Å²) >= 11 is 0. The van der Waals surface area contributed by atoms with Gasteiger partial charge in [-0.05, 0) is 56.2 Å². The number of rotatable bonds is 7. The Balaban J connectivity index is 1.93.